The van der Waals surface area contributed by atoms with E-state index in [2.05, 4.69) is 0 Å². The molecule has 1 fully saturated rings. The van der Waals surface area contributed by atoms with Crippen molar-refractivity contribution in [1.82, 2.24) is 9.47 Å². The number of rotatable bonds is 4. The maximum atomic E-state index is 12.5. The maximum Gasteiger partial charge on any atom is 0.250 e. The molecule has 0 bridgehead atoms. The average Bonchev–Trinajstić information content (AvgIpc) is 3.17. The van der Waals surface area contributed by atoms with E-state index in [1.54, 1.807) is 17.7 Å². The molecule has 1 aromatic heterocycles. The number of aromatic nitrogens is 1. The molecule has 0 saturated carbocycles. The molecule has 3 rings (SSSR count). The number of likely N-dealkylation sites (tertiary alicyclic amines) is 1. The average molecular weight is 339 g/mol. The van der Waals surface area contributed by atoms with Crippen molar-refractivity contribution in [3.63, 3.8) is 0 Å². The number of hydrogen-bond acceptors (Lipinski definition) is 3. The third kappa shape index (κ3) is 3.66. The number of pyridine rings is 1. The molecule has 0 aliphatic carbocycles. The Hall–Kier alpha value is -2.40. The molecule has 1 aromatic carbocycles. The Morgan fingerprint density at radius 3 is 2.24 bits per heavy atom. The van der Waals surface area contributed by atoms with Crippen molar-refractivity contribution in [1.29, 1.82) is 0 Å². The lowest BCUT2D eigenvalue weighted by molar-refractivity contribution is -0.131. The smallest absolute Gasteiger partial charge is 0.250 e. The van der Waals surface area contributed by atoms with Crippen LogP contribution in [0, 0.1) is 0 Å². The predicted molar refractivity (Wildman–Crippen MR) is 99.3 cm³/mol. The molecule has 1 aliphatic heterocycles. The van der Waals surface area contributed by atoms with Crippen LogP contribution in [0.5, 0.6) is 0 Å². The molecule has 0 radical (unpaired) electrons. The van der Waals surface area contributed by atoms with Crippen LogP contribution in [0.3, 0.4) is 0 Å². The zero-order valence-electron chi connectivity index (χ0n) is 14.8. The van der Waals surface area contributed by atoms with Crippen LogP contribution in [0.25, 0.3) is 11.1 Å². The zero-order chi connectivity index (χ0) is 18.0. The standard InChI is InChI=1S/C20H25N3O2/c1-14(19(21)20(25)23-11-3-4-12-23)15-5-7-16(8-6-15)17-9-10-18(24)22(2)13-17/h5-10,13-14,19H,3-4,11-12,21H2,1-2H3/t14-,19-/m0/s1. The Morgan fingerprint density at radius 1 is 1.04 bits per heavy atom. The first kappa shape index (κ1) is 17.4. The number of nitrogens with two attached hydrogens (primary N) is 1. The molecule has 5 heteroatoms. The van der Waals surface area contributed by atoms with Gasteiger partial charge in [-0.1, -0.05) is 31.2 Å². The highest BCUT2D eigenvalue weighted by molar-refractivity contribution is 5.83. The fraction of sp³-hybridized carbons (Fsp3) is 0.400. The van der Waals surface area contributed by atoms with E-state index in [-0.39, 0.29) is 17.4 Å². The molecule has 2 atom stereocenters. The van der Waals surface area contributed by atoms with Gasteiger partial charge in [0.1, 0.15) is 0 Å². The van der Waals surface area contributed by atoms with Gasteiger partial charge in [0, 0.05) is 38.3 Å². The molecule has 2 N–H and O–H groups in total. The van der Waals surface area contributed by atoms with Crippen LogP contribution in [-0.4, -0.2) is 34.5 Å². The van der Waals surface area contributed by atoms with Gasteiger partial charge >= 0.3 is 0 Å². The quantitative estimate of drug-likeness (QED) is 0.927. The summed E-state index contributed by atoms with van der Waals surface area (Å²) in [5.41, 5.74) is 9.27. The van der Waals surface area contributed by atoms with Crippen LogP contribution in [0.15, 0.2) is 47.4 Å². The van der Waals surface area contributed by atoms with Crippen molar-refractivity contribution in [3.8, 4) is 11.1 Å². The normalized spacial score (nSPS) is 16.7. The second-order valence-electron chi connectivity index (χ2n) is 6.84. The number of aryl methyl sites for hydroxylation is 1. The summed E-state index contributed by atoms with van der Waals surface area (Å²) in [7, 11) is 1.74. The molecule has 0 unspecified atom stereocenters. The lowest BCUT2D eigenvalue weighted by Gasteiger charge is -2.25. The van der Waals surface area contributed by atoms with Crippen molar-refractivity contribution in [2.75, 3.05) is 13.1 Å². The molecule has 132 valence electrons. The van der Waals surface area contributed by atoms with E-state index < -0.39 is 6.04 Å². The Balaban J connectivity index is 1.75. The van der Waals surface area contributed by atoms with Gasteiger partial charge in [0.05, 0.1) is 6.04 Å². The molecule has 1 aliphatic rings. The van der Waals surface area contributed by atoms with Crippen LogP contribution in [0.4, 0.5) is 0 Å². The SMILES string of the molecule is C[C@@H](c1ccc(-c2ccc(=O)n(C)c2)cc1)[C@H](N)C(=O)N1CCCC1. The largest absolute Gasteiger partial charge is 0.341 e. The number of benzene rings is 1. The van der Waals surface area contributed by atoms with Crippen LogP contribution < -0.4 is 11.3 Å². The minimum absolute atomic E-state index is 0.0274. The summed E-state index contributed by atoms with van der Waals surface area (Å²) >= 11 is 0. The Kier molecular flexibility index (Phi) is 5.04. The Labute approximate surface area is 148 Å². The predicted octanol–water partition coefficient (Wildman–Crippen LogP) is 2.11. The summed E-state index contributed by atoms with van der Waals surface area (Å²) in [6.45, 7) is 3.65. The minimum atomic E-state index is -0.513. The number of carbonyl (C=O) groups excluding carboxylic acids is 1. The molecule has 1 amide bonds. The van der Waals surface area contributed by atoms with Gasteiger partial charge in [-0.15, -0.1) is 0 Å². The van der Waals surface area contributed by atoms with Gasteiger partial charge in [0.2, 0.25) is 11.5 Å². The summed E-state index contributed by atoms with van der Waals surface area (Å²) in [6, 6.07) is 10.9. The highest BCUT2D eigenvalue weighted by Crippen LogP contribution is 2.24. The third-order valence-corrected chi connectivity index (χ3v) is 5.10. The Bertz CT molecular complexity index is 804. The van der Waals surface area contributed by atoms with Crippen LogP contribution in [0.1, 0.15) is 31.2 Å². The summed E-state index contributed by atoms with van der Waals surface area (Å²) in [5, 5.41) is 0. The topological polar surface area (TPSA) is 68.3 Å². The fourth-order valence-corrected chi connectivity index (χ4v) is 3.31. The molecule has 0 spiro atoms. The van der Waals surface area contributed by atoms with Crippen molar-refractivity contribution in [3.05, 3.63) is 58.5 Å². The monoisotopic (exact) mass is 339 g/mol. The van der Waals surface area contributed by atoms with Crippen molar-refractivity contribution >= 4 is 5.91 Å². The first-order chi connectivity index (χ1) is 12.0. The van der Waals surface area contributed by atoms with Crippen LogP contribution >= 0.6 is 0 Å². The van der Waals surface area contributed by atoms with Gasteiger partial charge in [-0.25, -0.2) is 0 Å². The van der Waals surface area contributed by atoms with Gasteiger partial charge in [0.25, 0.3) is 0 Å². The molecular formula is C20H25N3O2. The van der Waals surface area contributed by atoms with Crippen LogP contribution in [-0.2, 0) is 11.8 Å². The third-order valence-electron chi connectivity index (χ3n) is 5.10. The van der Waals surface area contributed by atoms with Crippen molar-refractivity contribution in [2.45, 2.75) is 31.7 Å². The molecule has 25 heavy (non-hydrogen) atoms. The highest BCUT2D eigenvalue weighted by Gasteiger charge is 2.28. The second kappa shape index (κ2) is 7.23. The maximum absolute atomic E-state index is 12.5. The van der Waals surface area contributed by atoms with Gasteiger partial charge in [-0.2, -0.15) is 0 Å². The number of amides is 1. The summed E-state index contributed by atoms with van der Waals surface area (Å²) in [6.07, 6.45) is 3.96. The lowest BCUT2D eigenvalue weighted by atomic mass is 9.91. The summed E-state index contributed by atoms with van der Waals surface area (Å²) in [4.78, 5) is 25.9. The number of hydrogen-bond donors (Lipinski definition) is 1. The van der Waals surface area contributed by atoms with E-state index in [9.17, 15) is 9.59 Å². The number of nitrogens with zero attached hydrogens (tertiary/aromatic N) is 2. The summed E-state index contributed by atoms with van der Waals surface area (Å²) in [5.74, 6) is 0.00872. The molecule has 1 saturated heterocycles. The highest BCUT2D eigenvalue weighted by atomic mass is 16.2. The first-order valence-electron chi connectivity index (χ1n) is 8.79. The Morgan fingerprint density at radius 2 is 1.64 bits per heavy atom. The van der Waals surface area contributed by atoms with E-state index in [1.165, 1.54) is 0 Å². The molecule has 5 nitrogen and oxygen atoms in total. The molecular weight excluding hydrogens is 314 g/mol. The molecule has 2 aromatic rings. The van der Waals surface area contributed by atoms with E-state index in [0.717, 1.165) is 42.6 Å². The van der Waals surface area contributed by atoms with Crippen LogP contribution in [0.2, 0.25) is 0 Å². The first-order valence-corrected chi connectivity index (χ1v) is 8.79. The minimum Gasteiger partial charge on any atom is -0.341 e. The molecule has 2 heterocycles. The van der Waals surface area contributed by atoms with Crippen molar-refractivity contribution in [2.24, 2.45) is 12.8 Å². The van der Waals surface area contributed by atoms with Gasteiger partial charge < -0.3 is 15.2 Å². The van der Waals surface area contributed by atoms with Crippen molar-refractivity contribution < 1.29 is 4.79 Å². The van der Waals surface area contributed by atoms with E-state index in [0.29, 0.717) is 0 Å². The van der Waals surface area contributed by atoms with E-state index >= 15 is 0 Å². The van der Waals surface area contributed by atoms with E-state index in [4.69, 9.17) is 5.73 Å². The fourth-order valence-electron chi connectivity index (χ4n) is 3.31. The van der Waals surface area contributed by atoms with Gasteiger partial charge in [-0.3, -0.25) is 9.59 Å². The summed E-state index contributed by atoms with van der Waals surface area (Å²) < 4.78 is 1.57. The van der Waals surface area contributed by atoms with E-state index in [1.807, 2.05) is 48.4 Å². The van der Waals surface area contributed by atoms with Gasteiger partial charge in [0.15, 0.2) is 0 Å². The van der Waals surface area contributed by atoms with Gasteiger partial charge in [-0.05, 0) is 35.6 Å². The second-order valence-corrected chi connectivity index (χ2v) is 6.84. The zero-order valence-corrected chi connectivity index (χ0v) is 14.8. The lowest BCUT2D eigenvalue weighted by Crippen LogP contribution is -2.45. The number of carbonyl (C=O) groups is 1.